The van der Waals surface area contributed by atoms with Gasteiger partial charge in [0, 0.05) is 12.6 Å². The second-order valence-corrected chi connectivity index (χ2v) is 6.64. The van der Waals surface area contributed by atoms with Gasteiger partial charge in [0.25, 0.3) is 5.91 Å². The summed E-state index contributed by atoms with van der Waals surface area (Å²) in [6.45, 7) is 4.59. The molecule has 0 saturated carbocycles. The first kappa shape index (κ1) is 21.7. The smallest absolute Gasteiger partial charge is 0.258 e. The molecule has 0 heterocycles. The third-order valence-corrected chi connectivity index (χ3v) is 4.57. The minimum Gasteiger partial charge on any atom is -0.493 e. The Kier molecular flexibility index (Phi) is 8.78. The number of methoxy groups -OCH3 is 1. The van der Waals surface area contributed by atoms with Gasteiger partial charge in [-0.1, -0.05) is 43.3 Å². The summed E-state index contributed by atoms with van der Waals surface area (Å²) in [5.41, 5.74) is 2.05. The van der Waals surface area contributed by atoms with Crippen LogP contribution in [0, 0.1) is 0 Å². The zero-order valence-corrected chi connectivity index (χ0v) is 16.8. The molecule has 2 atom stereocenters. The Bertz CT molecular complexity index is 733. The van der Waals surface area contributed by atoms with Crippen LogP contribution in [0.3, 0.4) is 0 Å². The highest BCUT2D eigenvalue weighted by Crippen LogP contribution is 2.28. The van der Waals surface area contributed by atoms with Crippen LogP contribution in [0.2, 0.25) is 0 Å². The Morgan fingerprint density at radius 1 is 1.14 bits per heavy atom. The van der Waals surface area contributed by atoms with Crippen molar-refractivity contribution in [3.8, 4) is 11.5 Å². The fourth-order valence-electron chi connectivity index (χ4n) is 2.79. The fourth-order valence-corrected chi connectivity index (χ4v) is 2.79. The van der Waals surface area contributed by atoms with Gasteiger partial charge in [-0.15, -0.1) is 0 Å². The highest BCUT2D eigenvalue weighted by molar-refractivity contribution is 5.78. The van der Waals surface area contributed by atoms with E-state index in [2.05, 4.69) is 10.6 Å². The van der Waals surface area contributed by atoms with Crippen LogP contribution in [0.5, 0.6) is 11.5 Å². The topological polar surface area (TPSA) is 79.8 Å². The largest absolute Gasteiger partial charge is 0.493 e. The first-order chi connectivity index (χ1) is 13.6. The van der Waals surface area contributed by atoms with Gasteiger partial charge in [-0.05, 0) is 36.6 Å². The van der Waals surface area contributed by atoms with Crippen molar-refractivity contribution in [1.29, 1.82) is 0 Å². The van der Waals surface area contributed by atoms with Crippen LogP contribution in [-0.2, 0) is 11.3 Å². The molecule has 0 radical (unpaired) electrons. The van der Waals surface area contributed by atoms with E-state index in [1.54, 1.807) is 13.2 Å². The molecule has 3 N–H and O–H groups in total. The number of carbonyl (C=O) groups excluding carboxylic acids is 1. The summed E-state index contributed by atoms with van der Waals surface area (Å²) in [4.78, 5) is 12.2. The molecule has 0 aliphatic heterocycles. The molecule has 6 heteroatoms. The average molecular weight is 386 g/mol. The number of aliphatic hydroxyl groups is 1. The van der Waals surface area contributed by atoms with E-state index in [1.807, 2.05) is 56.3 Å². The van der Waals surface area contributed by atoms with Gasteiger partial charge in [0.05, 0.1) is 19.8 Å². The van der Waals surface area contributed by atoms with E-state index in [1.165, 1.54) is 0 Å². The summed E-state index contributed by atoms with van der Waals surface area (Å²) in [7, 11) is 1.57. The molecule has 0 aromatic heterocycles. The maximum absolute atomic E-state index is 12.2. The van der Waals surface area contributed by atoms with Gasteiger partial charge in [0.2, 0.25) is 0 Å². The van der Waals surface area contributed by atoms with E-state index >= 15 is 0 Å². The molecular weight excluding hydrogens is 356 g/mol. The van der Waals surface area contributed by atoms with Gasteiger partial charge in [-0.2, -0.15) is 0 Å². The first-order valence-corrected chi connectivity index (χ1v) is 9.55. The zero-order valence-electron chi connectivity index (χ0n) is 16.8. The molecule has 2 aromatic carbocycles. The summed E-state index contributed by atoms with van der Waals surface area (Å²) in [5.74, 6) is 0.890. The van der Waals surface area contributed by atoms with Crippen molar-refractivity contribution in [2.24, 2.45) is 0 Å². The molecule has 2 rings (SSSR count). The number of rotatable bonds is 11. The van der Waals surface area contributed by atoms with Crippen molar-refractivity contribution in [3.05, 3.63) is 59.7 Å². The van der Waals surface area contributed by atoms with Crippen LogP contribution in [0.4, 0.5) is 0 Å². The van der Waals surface area contributed by atoms with Crippen molar-refractivity contribution in [3.63, 3.8) is 0 Å². The molecule has 0 saturated heterocycles. The van der Waals surface area contributed by atoms with E-state index in [0.717, 1.165) is 17.5 Å². The predicted molar refractivity (Wildman–Crippen MR) is 109 cm³/mol. The van der Waals surface area contributed by atoms with Gasteiger partial charge < -0.3 is 25.2 Å². The lowest BCUT2D eigenvalue weighted by Crippen LogP contribution is -2.31. The Hall–Kier alpha value is -2.57. The van der Waals surface area contributed by atoms with E-state index in [-0.39, 0.29) is 31.2 Å². The highest BCUT2D eigenvalue weighted by atomic mass is 16.5. The molecule has 1 amide bonds. The number of aliphatic hydroxyl groups excluding tert-OH is 1. The normalized spacial score (nSPS) is 12.9. The lowest BCUT2D eigenvalue weighted by Gasteiger charge is -2.17. The average Bonchev–Trinajstić information content (AvgIpc) is 2.73. The molecule has 2 aromatic rings. The quantitative estimate of drug-likeness (QED) is 0.553. The second-order valence-electron chi connectivity index (χ2n) is 6.64. The summed E-state index contributed by atoms with van der Waals surface area (Å²) in [5, 5.41) is 15.5. The van der Waals surface area contributed by atoms with Gasteiger partial charge in [-0.3, -0.25) is 4.79 Å². The molecule has 152 valence electrons. The monoisotopic (exact) mass is 386 g/mol. The van der Waals surface area contributed by atoms with Crippen molar-refractivity contribution in [1.82, 2.24) is 10.6 Å². The summed E-state index contributed by atoms with van der Waals surface area (Å²) >= 11 is 0. The lowest BCUT2D eigenvalue weighted by molar-refractivity contribution is -0.123. The number of carbonyl (C=O) groups is 1. The van der Waals surface area contributed by atoms with Gasteiger partial charge in [-0.25, -0.2) is 0 Å². The molecule has 0 unspecified atom stereocenters. The predicted octanol–water partition coefficient (Wildman–Crippen LogP) is 2.81. The Morgan fingerprint density at radius 3 is 2.54 bits per heavy atom. The first-order valence-electron chi connectivity index (χ1n) is 9.55. The van der Waals surface area contributed by atoms with E-state index in [9.17, 15) is 9.90 Å². The number of nitrogens with one attached hydrogen (secondary N) is 2. The number of amides is 1. The molecule has 0 spiro atoms. The van der Waals surface area contributed by atoms with E-state index in [4.69, 9.17) is 9.47 Å². The minimum absolute atomic E-state index is 0.0669. The fraction of sp³-hybridized carbons (Fsp3) is 0.409. The van der Waals surface area contributed by atoms with E-state index in [0.29, 0.717) is 18.0 Å². The molecular formula is C22H30N2O4. The van der Waals surface area contributed by atoms with Crippen molar-refractivity contribution in [2.45, 2.75) is 38.9 Å². The lowest BCUT2D eigenvalue weighted by atomic mass is 10.1. The summed E-state index contributed by atoms with van der Waals surface area (Å²) in [6, 6.07) is 15.3. The van der Waals surface area contributed by atoms with Crippen LogP contribution in [0.15, 0.2) is 48.5 Å². The van der Waals surface area contributed by atoms with Gasteiger partial charge >= 0.3 is 0 Å². The highest BCUT2D eigenvalue weighted by Gasteiger charge is 2.12. The molecule has 0 fully saturated rings. The van der Waals surface area contributed by atoms with Crippen LogP contribution in [0.25, 0.3) is 0 Å². The molecule has 0 aliphatic rings. The maximum Gasteiger partial charge on any atom is 0.258 e. The standard InChI is InChI=1S/C22H30N2O4/c1-4-19(14-25)23-13-17-10-11-20(21(12-17)27-3)28-15-22(26)24-16(2)18-8-6-5-7-9-18/h5-12,16,19,23,25H,4,13-15H2,1-3H3,(H,24,26)/t16-,19+/m0/s1. The molecule has 0 bridgehead atoms. The molecule has 6 nitrogen and oxygen atoms in total. The Labute approximate surface area is 166 Å². The van der Waals surface area contributed by atoms with Gasteiger partial charge in [0.15, 0.2) is 18.1 Å². The van der Waals surface area contributed by atoms with Crippen molar-refractivity contribution >= 4 is 5.91 Å². The Balaban J connectivity index is 1.89. The third kappa shape index (κ3) is 6.55. The van der Waals surface area contributed by atoms with Crippen LogP contribution in [0.1, 0.15) is 37.4 Å². The number of ether oxygens (including phenoxy) is 2. The van der Waals surface area contributed by atoms with Crippen LogP contribution < -0.4 is 20.1 Å². The number of hydrogen-bond acceptors (Lipinski definition) is 5. The molecule has 0 aliphatic carbocycles. The summed E-state index contributed by atoms with van der Waals surface area (Å²) in [6.07, 6.45) is 0.853. The SMILES string of the molecule is CC[C@H](CO)NCc1ccc(OCC(=O)N[C@@H](C)c2ccccc2)c(OC)c1. The summed E-state index contributed by atoms with van der Waals surface area (Å²) < 4.78 is 11.0. The van der Waals surface area contributed by atoms with Crippen molar-refractivity contribution in [2.75, 3.05) is 20.3 Å². The zero-order chi connectivity index (χ0) is 20.4. The molecule has 28 heavy (non-hydrogen) atoms. The van der Waals surface area contributed by atoms with Crippen molar-refractivity contribution < 1.29 is 19.4 Å². The Morgan fingerprint density at radius 2 is 1.89 bits per heavy atom. The minimum atomic E-state index is -0.196. The third-order valence-electron chi connectivity index (χ3n) is 4.57. The second kappa shape index (κ2) is 11.3. The van der Waals surface area contributed by atoms with Crippen LogP contribution in [-0.4, -0.2) is 37.4 Å². The van der Waals surface area contributed by atoms with Gasteiger partial charge in [0.1, 0.15) is 0 Å². The van der Waals surface area contributed by atoms with Crippen LogP contribution >= 0.6 is 0 Å². The number of benzene rings is 2. The van der Waals surface area contributed by atoms with E-state index < -0.39 is 0 Å². The number of hydrogen-bond donors (Lipinski definition) is 3. The maximum atomic E-state index is 12.2.